The molecule has 0 saturated heterocycles. The van der Waals surface area contributed by atoms with Crippen LogP contribution in [0.3, 0.4) is 0 Å². The molecule has 4 heteroatoms. The number of H-pyrrole nitrogens is 1. The standard InChI is InChI=1S/C13H9FN2.C5H12.C3H8.C2H4O/c14-11-4-2-1-3-10(11)9-7-13-12(16-8-9)5-6-15-13;1-3-5-4-2;1-3-2;1-2-3/h1-8,15H;3-5H2,1-2H3;3H2,1-2H3;2H,1H3. The first kappa shape index (κ1) is 24.5. The van der Waals surface area contributed by atoms with Gasteiger partial charge in [0.1, 0.15) is 12.1 Å². The molecule has 0 aliphatic rings. The summed E-state index contributed by atoms with van der Waals surface area (Å²) in [7, 11) is 0. The van der Waals surface area contributed by atoms with Crippen LogP contribution >= 0.6 is 0 Å². The summed E-state index contributed by atoms with van der Waals surface area (Å²) in [6.45, 7) is 10.1. The van der Waals surface area contributed by atoms with Crippen molar-refractivity contribution in [1.82, 2.24) is 9.97 Å². The minimum Gasteiger partial charge on any atom is -0.360 e. The number of rotatable bonds is 3. The van der Waals surface area contributed by atoms with Gasteiger partial charge in [0.2, 0.25) is 0 Å². The van der Waals surface area contributed by atoms with Crippen molar-refractivity contribution in [2.45, 2.75) is 60.3 Å². The Balaban J connectivity index is 0.000000516. The van der Waals surface area contributed by atoms with Crippen molar-refractivity contribution in [3.8, 4) is 11.1 Å². The maximum absolute atomic E-state index is 13.6. The van der Waals surface area contributed by atoms with Crippen LogP contribution in [0.1, 0.15) is 60.3 Å². The molecule has 3 aromatic rings. The highest BCUT2D eigenvalue weighted by Gasteiger charge is 2.05. The van der Waals surface area contributed by atoms with Crippen molar-refractivity contribution in [1.29, 1.82) is 0 Å². The van der Waals surface area contributed by atoms with Crippen LogP contribution < -0.4 is 0 Å². The van der Waals surface area contributed by atoms with Gasteiger partial charge >= 0.3 is 0 Å². The summed E-state index contributed by atoms with van der Waals surface area (Å²) in [6.07, 6.45) is 9.59. The molecule has 2 heterocycles. The Hall–Kier alpha value is -2.49. The molecule has 148 valence electrons. The van der Waals surface area contributed by atoms with Crippen molar-refractivity contribution >= 4 is 17.3 Å². The molecule has 0 saturated carbocycles. The lowest BCUT2D eigenvalue weighted by molar-refractivity contribution is -0.106. The van der Waals surface area contributed by atoms with E-state index in [9.17, 15) is 4.39 Å². The van der Waals surface area contributed by atoms with Crippen LogP contribution in [-0.4, -0.2) is 16.3 Å². The van der Waals surface area contributed by atoms with Crippen LogP contribution in [0.25, 0.3) is 22.2 Å². The summed E-state index contributed by atoms with van der Waals surface area (Å²) in [6, 6.07) is 10.5. The largest absolute Gasteiger partial charge is 0.360 e. The highest BCUT2D eigenvalue weighted by molar-refractivity contribution is 5.80. The van der Waals surface area contributed by atoms with E-state index in [0.29, 0.717) is 5.56 Å². The molecule has 3 nitrogen and oxygen atoms in total. The molecule has 1 aromatic carbocycles. The minimum absolute atomic E-state index is 0.227. The number of aromatic amines is 1. The summed E-state index contributed by atoms with van der Waals surface area (Å²) in [5, 5.41) is 0. The number of aldehydes is 1. The Labute approximate surface area is 163 Å². The van der Waals surface area contributed by atoms with Crippen molar-refractivity contribution in [3.05, 3.63) is 54.6 Å². The van der Waals surface area contributed by atoms with Crippen molar-refractivity contribution in [2.24, 2.45) is 0 Å². The maximum atomic E-state index is 13.6. The SMILES string of the molecule is CC=O.CCC.CCCCC.Fc1ccccc1-c1cnc2cc[nH]c2c1. The van der Waals surface area contributed by atoms with E-state index >= 15 is 0 Å². The average Bonchev–Trinajstić information content (AvgIpc) is 3.12. The first-order valence-electron chi connectivity index (χ1n) is 9.67. The van der Waals surface area contributed by atoms with Gasteiger partial charge in [0.25, 0.3) is 0 Å². The number of hydrogen-bond donors (Lipinski definition) is 1. The highest BCUT2D eigenvalue weighted by atomic mass is 19.1. The summed E-state index contributed by atoms with van der Waals surface area (Å²) in [5.74, 6) is -0.227. The molecule has 27 heavy (non-hydrogen) atoms. The molecule has 3 rings (SSSR count). The first-order chi connectivity index (χ1) is 13.1. The maximum Gasteiger partial charge on any atom is 0.131 e. The fourth-order valence-electron chi connectivity index (χ4n) is 2.13. The number of benzene rings is 1. The second-order valence-corrected chi connectivity index (χ2v) is 5.91. The second-order valence-electron chi connectivity index (χ2n) is 5.91. The fourth-order valence-corrected chi connectivity index (χ4v) is 2.13. The van der Waals surface area contributed by atoms with Crippen molar-refractivity contribution in [2.75, 3.05) is 0 Å². The monoisotopic (exact) mass is 372 g/mol. The summed E-state index contributed by atoms with van der Waals surface area (Å²) in [5.41, 5.74) is 3.17. The molecule has 0 radical (unpaired) electrons. The van der Waals surface area contributed by atoms with Gasteiger partial charge in [0.15, 0.2) is 0 Å². The summed E-state index contributed by atoms with van der Waals surface area (Å²) >= 11 is 0. The minimum atomic E-state index is -0.227. The lowest BCUT2D eigenvalue weighted by Gasteiger charge is -2.02. The number of aromatic nitrogens is 2. The second kappa shape index (κ2) is 15.7. The number of nitrogens with zero attached hydrogens (tertiary/aromatic N) is 1. The smallest absolute Gasteiger partial charge is 0.131 e. The molecule has 0 aliphatic heterocycles. The number of pyridine rings is 1. The van der Waals surface area contributed by atoms with Gasteiger partial charge in [-0.3, -0.25) is 4.98 Å². The number of carbonyl (C=O) groups excluding carboxylic acids is 1. The molecule has 0 spiro atoms. The van der Waals surface area contributed by atoms with Gasteiger partial charge < -0.3 is 9.78 Å². The molecular weight excluding hydrogens is 339 g/mol. The Morgan fingerprint density at radius 3 is 2.19 bits per heavy atom. The highest BCUT2D eigenvalue weighted by Crippen LogP contribution is 2.24. The number of halogens is 1. The molecule has 0 fully saturated rings. The number of nitrogens with one attached hydrogen (secondary N) is 1. The van der Waals surface area contributed by atoms with Crippen molar-refractivity contribution in [3.63, 3.8) is 0 Å². The topological polar surface area (TPSA) is 45.8 Å². The van der Waals surface area contributed by atoms with E-state index < -0.39 is 0 Å². The molecule has 2 aromatic heterocycles. The van der Waals surface area contributed by atoms with E-state index in [4.69, 9.17) is 4.79 Å². The van der Waals surface area contributed by atoms with E-state index in [2.05, 4.69) is 37.7 Å². The van der Waals surface area contributed by atoms with Crippen LogP contribution in [0.2, 0.25) is 0 Å². The number of hydrogen-bond acceptors (Lipinski definition) is 2. The van der Waals surface area contributed by atoms with Gasteiger partial charge in [-0.1, -0.05) is 71.6 Å². The summed E-state index contributed by atoms with van der Waals surface area (Å²) in [4.78, 5) is 16.1. The Kier molecular flexibility index (Phi) is 14.3. The average molecular weight is 373 g/mol. The Morgan fingerprint density at radius 2 is 1.67 bits per heavy atom. The predicted octanol–water partition coefficient (Wildman–Crippen LogP) is 7.19. The quantitative estimate of drug-likeness (QED) is 0.495. The predicted molar refractivity (Wildman–Crippen MR) is 114 cm³/mol. The normalized spacial score (nSPS) is 9.11. The molecule has 0 aliphatic carbocycles. The third-order valence-electron chi connectivity index (χ3n) is 3.29. The van der Waals surface area contributed by atoms with E-state index in [1.807, 2.05) is 24.4 Å². The third kappa shape index (κ3) is 9.69. The zero-order chi connectivity index (χ0) is 20.5. The molecule has 0 bridgehead atoms. The fraction of sp³-hybridized carbons (Fsp3) is 0.391. The molecule has 0 atom stereocenters. The zero-order valence-electron chi connectivity index (χ0n) is 17.3. The number of fused-ring (bicyclic) bond motifs is 1. The first-order valence-corrected chi connectivity index (χ1v) is 9.67. The molecule has 0 unspecified atom stereocenters. The van der Waals surface area contributed by atoms with Crippen LogP contribution in [0.4, 0.5) is 4.39 Å². The Bertz CT molecular complexity index is 751. The van der Waals surface area contributed by atoms with Gasteiger partial charge in [0.05, 0.1) is 11.0 Å². The lowest BCUT2D eigenvalue weighted by Crippen LogP contribution is -1.85. The number of unbranched alkanes of at least 4 members (excludes halogenated alkanes) is 2. The van der Waals surface area contributed by atoms with Gasteiger partial charge in [0, 0.05) is 23.5 Å². The van der Waals surface area contributed by atoms with Crippen LogP contribution in [-0.2, 0) is 4.79 Å². The van der Waals surface area contributed by atoms with E-state index in [1.165, 1.54) is 38.7 Å². The molecule has 1 N–H and O–H groups in total. The lowest BCUT2D eigenvalue weighted by atomic mass is 10.1. The van der Waals surface area contributed by atoms with Gasteiger partial charge in [-0.05, 0) is 25.1 Å². The summed E-state index contributed by atoms with van der Waals surface area (Å²) < 4.78 is 13.6. The van der Waals surface area contributed by atoms with Gasteiger partial charge in [-0.15, -0.1) is 0 Å². The van der Waals surface area contributed by atoms with Gasteiger partial charge in [-0.25, -0.2) is 4.39 Å². The van der Waals surface area contributed by atoms with Crippen LogP contribution in [0.5, 0.6) is 0 Å². The third-order valence-corrected chi connectivity index (χ3v) is 3.29. The van der Waals surface area contributed by atoms with Crippen LogP contribution in [0.15, 0.2) is 48.8 Å². The van der Waals surface area contributed by atoms with E-state index in [1.54, 1.807) is 18.3 Å². The number of carbonyl (C=O) groups is 1. The van der Waals surface area contributed by atoms with Crippen molar-refractivity contribution < 1.29 is 9.18 Å². The van der Waals surface area contributed by atoms with E-state index in [-0.39, 0.29) is 5.82 Å². The van der Waals surface area contributed by atoms with Crippen LogP contribution in [0, 0.1) is 5.82 Å². The molecule has 0 amide bonds. The Morgan fingerprint density at radius 1 is 1.07 bits per heavy atom. The van der Waals surface area contributed by atoms with Gasteiger partial charge in [-0.2, -0.15) is 0 Å². The van der Waals surface area contributed by atoms with E-state index in [0.717, 1.165) is 22.9 Å². The zero-order valence-corrected chi connectivity index (χ0v) is 17.3. The molecular formula is C23H33FN2O.